The average Bonchev–Trinajstić information content (AvgIpc) is 3.30. The molecule has 0 saturated carbocycles. The van der Waals surface area contributed by atoms with Gasteiger partial charge in [0.15, 0.2) is 0 Å². The Labute approximate surface area is 202 Å². The van der Waals surface area contributed by atoms with Crippen LogP contribution >= 0.6 is 0 Å². The number of ether oxygens (including phenoxy) is 2. The smallest absolute Gasteiger partial charge is 0.119 e. The zero-order valence-corrected chi connectivity index (χ0v) is 20.9. The average molecular weight is 455 g/mol. The first kappa shape index (κ1) is 24.7. The number of H-pyrrole nitrogens is 1. The molecule has 0 spiro atoms. The number of para-hydroxylation sites is 1. The molecule has 0 amide bonds. The van der Waals surface area contributed by atoms with Crippen molar-refractivity contribution in [1.82, 2.24) is 4.98 Å². The molecule has 1 N–H and O–H groups in total. The highest BCUT2D eigenvalue weighted by molar-refractivity contribution is 6.08. The number of nitrogens with one attached hydrogen (secondary N) is 1. The lowest BCUT2D eigenvalue weighted by atomic mass is 10.1. The molecule has 4 heteroatoms. The molecule has 4 aromatic carbocycles. The van der Waals surface area contributed by atoms with Crippen molar-refractivity contribution in [2.24, 2.45) is 0 Å². The fourth-order valence-corrected chi connectivity index (χ4v) is 3.89. The zero-order valence-electron chi connectivity index (χ0n) is 20.9. The quantitative estimate of drug-likeness (QED) is 0.288. The number of hydrogen-bond donors (Lipinski definition) is 1. The van der Waals surface area contributed by atoms with Crippen LogP contribution in [0.25, 0.3) is 21.8 Å². The highest BCUT2D eigenvalue weighted by Crippen LogP contribution is 2.38. The van der Waals surface area contributed by atoms with Gasteiger partial charge in [0.2, 0.25) is 0 Å². The van der Waals surface area contributed by atoms with Gasteiger partial charge in [-0.3, -0.25) is 0 Å². The van der Waals surface area contributed by atoms with Gasteiger partial charge in [0.05, 0.1) is 14.2 Å². The molecule has 5 aromatic rings. The van der Waals surface area contributed by atoms with Crippen molar-refractivity contribution in [3.05, 3.63) is 91.0 Å². The van der Waals surface area contributed by atoms with Crippen molar-refractivity contribution >= 4 is 38.9 Å². The molecule has 0 aliphatic heterocycles. The Morgan fingerprint density at radius 1 is 0.529 bits per heavy atom. The van der Waals surface area contributed by atoms with Crippen molar-refractivity contribution < 1.29 is 9.47 Å². The summed E-state index contributed by atoms with van der Waals surface area (Å²) in [5, 5.41) is 2.42. The van der Waals surface area contributed by atoms with Crippen LogP contribution in [0.3, 0.4) is 0 Å². The number of nitrogens with zero attached hydrogens (tertiary/aromatic N) is 1. The summed E-state index contributed by atoms with van der Waals surface area (Å²) in [5.74, 6) is 1.67. The van der Waals surface area contributed by atoms with Gasteiger partial charge in [0.25, 0.3) is 0 Å². The van der Waals surface area contributed by atoms with Gasteiger partial charge in [-0.2, -0.15) is 0 Å². The summed E-state index contributed by atoms with van der Waals surface area (Å²) in [6.07, 6.45) is 0. The van der Waals surface area contributed by atoms with E-state index in [9.17, 15) is 0 Å². The SMILES string of the molecule is CC.CC.COc1ccc(N(c2ccc(OC)cc2)c2ccc3[nH]c4ccccc4c3c2)cc1. The summed E-state index contributed by atoms with van der Waals surface area (Å²) in [6.45, 7) is 8.00. The van der Waals surface area contributed by atoms with Crippen molar-refractivity contribution in [3.8, 4) is 11.5 Å². The van der Waals surface area contributed by atoms with E-state index in [1.807, 2.05) is 52.0 Å². The maximum absolute atomic E-state index is 5.35. The van der Waals surface area contributed by atoms with E-state index < -0.39 is 0 Å². The molecule has 0 bridgehead atoms. The molecule has 0 saturated heterocycles. The Balaban J connectivity index is 0.000000771. The Bertz CT molecular complexity index is 1260. The first-order chi connectivity index (χ1) is 16.8. The van der Waals surface area contributed by atoms with E-state index in [0.717, 1.165) is 39.6 Å². The highest BCUT2D eigenvalue weighted by atomic mass is 16.5. The van der Waals surface area contributed by atoms with Crippen LogP contribution in [0.1, 0.15) is 27.7 Å². The van der Waals surface area contributed by atoms with E-state index in [-0.39, 0.29) is 0 Å². The zero-order chi connectivity index (χ0) is 24.5. The topological polar surface area (TPSA) is 37.5 Å². The molecule has 1 aromatic heterocycles. The maximum atomic E-state index is 5.35. The van der Waals surface area contributed by atoms with Gasteiger partial charge in [0.1, 0.15) is 11.5 Å². The largest absolute Gasteiger partial charge is 0.497 e. The molecular weight excluding hydrogens is 420 g/mol. The number of hydrogen-bond acceptors (Lipinski definition) is 3. The second-order valence-corrected chi connectivity index (χ2v) is 7.13. The van der Waals surface area contributed by atoms with Crippen LogP contribution in [0, 0.1) is 0 Å². The van der Waals surface area contributed by atoms with Gasteiger partial charge < -0.3 is 19.4 Å². The lowest BCUT2D eigenvalue weighted by Gasteiger charge is -2.26. The van der Waals surface area contributed by atoms with Crippen molar-refractivity contribution in [2.45, 2.75) is 27.7 Å². The Morgan fingerprint density at radius 2 is 1.00 bits per heavy atom. The minimum atomic E-state index is 0.834. The minimum Gasteiger partial charge on any atom is -0.497 e. The van der Waals surface area contributed by atoms with E-state index in [1.165, 1.54) is 10.8 Å². The summed E-state index contributed by atoms with van der Waals surface area (Å²) >= 11 is 0. The molecule has 0 aliphatic carbocycles. The summed E-state index contributed by atoms with van der Waals surface area (Å²) in [5.41, 5.74) is 5.47. The van der Waals surface area contributed by atoms with Gasteiger partial charge in [-0.05, 0) is 72.8 Å². The fraction of sp³-hybridized carbons (Fsp3) is 0.200. The molecule has 0 atom stereocenters. The van der Waals surface area contributed by atoms with Gasteiger partial charge >= 0.3 is 0 Å². The van der Waals surface area contributed by atoms with Crippen LogP contribution in [0.5, 0.6) is 11.5 Å². The number of aromatic amines is 1. The number of aromatic nitrogens is 1. The molecule has 0 aliphatic rings. The van der Waals surface area contributed by atoms with Crippen LogP contribution in [0.2, 0.25) is 0 Å². The lowest BCUT2D eigenvalue weighted by Crippen LogP contribution is -2.09. The molecule has 0 radical (unpaired) electrons. The summed E-state index contributed by atoms with van der Waals surface area (Å²) in [7, 11) is 3.36. The fourth-order valence-electron chi connectivity index (χ4n) is 3.89. The second kappa shape index (κ2) is 11.8. The summed E-state index contributed by atoms with van der Waals surface area (Å²) < 4.78 is 10.7. The predicted molar refractivity (Wildman–Crippen MR) is 146 cm³/mol. The van der Waals surface area contributed by atoms with Crippen molar-refractivity contribution in [2.75, 3.05) is 19.1 Å². The third-order valence-electron chi connectivity index (χ3n) is 5.41. The molecule has 5 rings (SSSR count). The number of rotatable bonds is 5. The third-order valence-corrected chi connectivity index (χ3v) is 5.41. The van der Waals surface area contributed by atoms with Gasteiger partial charge in [-0.1, -0.05) is 45.9 Å². The number of benzene rings is 4. The van der Waals surface area contributed by atoms with E-state index in [2.05, 4.69) is 76.6 Å². The van der Waals surface area contributed by atoms with Gasteiger partial charge in [-0.25, -0.2) is 0 Å². The Kier molecular flexibility index (Phi) is 8.58. The Morgan fingerprint density at radius 3 is 1.53 bits per heavy atom. The predicted octanol–water partition coefficient (Wildman–Crippen LogP) is 8.86. The third kappa shape index (κ3) is 5.01. The monoisotopic (exact) mass is 454 g/mol. The highest BCUT2D eigenvalue weighted by Gasteiger charge is 2.15. The Hall–Kier alpha value is -3.92. The van der Waals surface area contributed by atoms with Crippen LogP contribution in [0.4, 0.5) is 17.1 Å². The molecule has 0 unspecified atom stereocenters. The van der Waals surface area contributed by atoms with E-state index in [4.69, 9.17) is 9.47 Å². The van der Waals surface area contributed by atoms with Gasteiger partial charge in [-0.15, -0.1) is 0 Å². The standard InChI is InChI=1S/C26H22N2O2.2C2H6/c1-29-21-12-7-18(8-13-21)28(19-9-14-22(30-2)15-10-19)20-11-16-26-24(17-20)23-5-3-4-6-25(23)27-26;2*1-2/h3-17,27H,1-2H3;2*1-2H3. The molecule has 1 heterocycles. The maximum Gasteiger partial charge on any atom is 0.119 e. The summed E-state index contributed by atoms with van der Waals surface area (Å²) in [4.78, 5) is 5.74. The lowest BCUT2D eigenvalue weighted by molar-refractivity contribution is 0.415. The minimum absolute atomic E-state index is 0.834. The van der Waals surface area contributed by atoms with E-state index in [0.29, 0.717) is 0 Å². The van der Waals surface area contributed by atoms with Crippen LogP contribution in [-0.4, -0.2) is 19.2 Å². The van der Waals surface area contributed by atoms with Crippen molar-refractivity contribution in [3.63, 3.8) is 0 Å². The molecule has 34 heavy (non-hydrogen) atoms. The molecular formula is C30H34N2O2. The van der Waals surface area contributed by atoms with Crippen LogP contribution in [0.15, 0.2) is 91.0 Å². The first-order valence-electron chi connectivity index (χ1n) is 11.9. The normalized spacial score (nSPS) is 10.1. The molecule has 0 fully saturated rings. The van der Waals surface area contributed by atoms with Gasteiger partial charge in [0, 0.05) is 38.9 Å². The van der Waals surface area contributed by atoms with Crippen LogP contribution < -0.4 is 14.4 Å². The first-order valence-corrected chi connectivity index (χ1v) is 11.9. The molecule has 176 valence electrons. The molecule has 4 nitrogen and oxygen atoms in total. The second-order valence-electron chi connectivity index (χ2n) is 7.13. The van der Waals surface area contributed by atoms with Crippen molar-refractivity contribution in [1.29, 1.82) is 0 Å². The summed E-state index contributed by atoms with van der Waals surface area (Å²) in [6, 6.07) is 31.1. The number of anilines is 3. The van der Waals surface area contributed by atoms with E-state index >= 15 is 0 Å². The number of fused-ring (bicyclic) bond motifs is 3. The van der Waals surface area contributed by atoms with E-state index in [1.54, 1.807) is 14.2 Å². The van der Waals surface area contributed by atoms with Crippen LogP contribution in [-0.2, 0) is 0 Å². The number of methoxy groups -OCH3 is 2.